The molecule has 1 saturated heterocycles. The van der Waals surface area contributed by atoms with Gasteiger partial charge in [0.25, 0.3) is 0 Å². The number of carbonyl (C=O) groups excluding carboxylic acids is 1. The van der Waals surface area contributed by atoms with Gasteiger partial charge < -0.3 is 10.6 Å². The van der Waals surface area contributed by atoms with Gasteiger partial charge in [-0.25, -0.2) is 13.2 Å². The highest BCUT2D eigenvalue weighted by Gasteiger charge is 2.27. The van der Waals surface area contributed by atoms with Crippen molar-refractivity contribution in [3.8, 4) is 6.07 Å². The van der Waals surface area contributed by atoms with Gasteiger partial charge in [0.1, 0.15) is 6.07 Å². The fourth-order valence-electron chi connectivity index (χ4n) is 2.80. The van der Waals surface area contributed by atoms with Gasteiger partial charge in [-0.1, -0.05) is 23.7 Å². The average molecular weight is 405 g/mol. The number of anilines is 2. The van der Waals surface area contributed by atoms with Crippen molar-refractivity contribution in [2.24, 2.45) is 0 Å². The van der Waals surface area contributed by atoms with Crippen molar-refractivity contribution in [2.45, 2.75) is 17.7 Å². The molecule has 0 unspecified atom stereocenters. The molecule has 1 heterocycles. The van der Waals surface area contributed by atoms with Crippen molar-refractivity contribution >= 4 is 39.0 Å². The Kier molecular flexibility index (Phi) is 5.65. The van der Waals surface area contributed by atoms with Crippen LogP contribution in [0.2, 0.25) is 5.02 Å². The van der Waals surface area contributed by atoms with Gasteiger partial charge in [0.15, 0.2) is 0 Å². The number of amides is 2. The molecule has 1 fully saturated rings. The number of rotatable bonds is 4. The Morgan fingerprint density at radius 2 is 1.74 bits per heavy atom. The summed E-state index contributed by atoms with van der Waals surface area (Å²) in [7, 11) is -3.62. The maximum atomic E-state index is 12.7. The number of para-hydroxylation sites is 1. The number of hydrogen-bond acceptors (Lipinski definition) is 4. The second-order valence-corrected chi connectivity index (χ2v) is 8.33. The summed E-state index contributed by atoms with van der Waals surface area (Å²) in [5.74, 6) is 0. The van der Waals surface area contributed by atoms with Gasteiger partial charge in [-0.05, 0) is 43.2 Å². The molecule has 2 aromatic rings. The molecule has 0 atom stereocenters. The Labute approximate surface area is 162 Å². The molecule has 0 radical (unpaired) electrons. The molecule has 0 aromatic heterocycles. The van der Waals surface area contributed by atoms with Gasteiger partial charge in [0.05, 0.1) is 26.9 Å². The van der Waals surface area contributed by atoms with Gasteiger partial charge in [0.2, 0.25) is 10.0 Å². The summed E-state index contributed by atoms with van der Waals surface area (Å²) >= 11 is 6.11. The quantitative estimate of drug-likeness (QED) is 0.811. The van der Waals surface area contributed by atoms with Crippen LogP contribution in [0, 0.1) is 11.3 Å². The first-order valence-corrected chi connectivity index (χ1v) is 10.1. The minimum atomic E-state index is -3.62. The van der Waals surface area contributed by atoms with E-state index in [9.17, 15) is 13.2 Å². The summed E-state index contributed by atoms with van der Waals surface area (Å²) in [6.45, 7) is 0.971. The van der Waals surface area contributed by atoms with Crippen LogP contribution in [-0.4, -0.2) is 31.8 Å². The van der Waals surface area contributed by atoms with Crippen LogP contribution in [0.5, 0.6) is 0 Å². The van der Waals surface area contributed by atoms with Gasteiger partial charge in [-0.2, -0.15) is 9.57 Å². The number of benzene rings is 2. The van der Waals surface area contributed by atoms with Crippen molar-refractivity contribution in [1.29, 1.82) is 5.26 Å². The van der Waals surface area contributed by atoms with Crippen LogP contribution in [0.3, 0.4) is 0 Å². The molecule has 9 heteroatoms. The number of hydrogen-bond donors (Lipinski definition) is 2. The standard InChI is InChI=1S/C18H17ClN4O3S/c19-15-8-7-14(27(25,26)23-9-3-4-10-23)11-17(15)22-18(24)21-16-6-2-1-5-13(16)12-20/h1-2,5-8,11H,3-4,9-10H2,(H2,21,22,24). The van der Waals surface area contributed by atoms with E-state index in [4.69, 9.17) is 16.9 Å². The zero-order chi connectivity index (χ0) is 19.4. The first kappa shape index (κ1) is 19.2. The Morgan fingerprint density at radius 3 is 2.44 bits per heavy atom. The highest BCUT2D eigenvalue weighted by atomic mass is 35.5. The molecule has 0 spiro atoms. The van der Waals surface area contributed by atoms with E-state index in [2.05, 4.69) is 10.6 Å². The topological polar surface area (TPSA) is 102 Å². The van der Waals surface area contributed by atoms with Crippen LogP contribution in [-0.2, 0) is 10.0 Å². The highest BCUT2D eigenvalue weighted by molar-refractivity contribution is 7.89. The SMILES string of the molecule is N#Cc1ccccc1NC(=O)Nc1cc(S(=O)(=O)N2CCCC2)ccc1Cl. The van der Waals surface area contributed by atoms with Gasteiger partial charge in [0, 0.05) is 13.1 Å². The molecule has 140 valence electrons. The minimum Gasteiger partial charge on any atom is -0.306 e. The van der Waals surface area contributed by atoms with Crippen LogP contribution in [0.4, 0.5) is 16.2 Å². The second kappa shape index (κ2) is 7.96. The van der Waals surface area contributed by atoms with E-state index in [1.165, 1.54) is 22.5 Å². The maximum Gasteiger partial charge on any atom is 0.323 e. The lowest BCUT2D eigenvalue weighted by atomic mass is 10.2. The Bertz CT molecular complexity index is 1010. The van der Waals surface area contributed by atoms with E-state index >= 15 is 0 Å². The van der Waals surface area contributed by atoms with Gasteiger partial charge in [-0.3, -0.25) is 0 Å². The number of urea groups is 1. The lowest BCUT2D eigenvalue weighted by Gasteiger charge is -2.17. The molecule has 0 aliphatic carbocycles. The van der Waals surface area contributed by atoms with E-state index < -0.39 is 16.1 Å². The smallest absolute Gasteiger partial charge is 0.306 e. The first-order valence-electron chi connectivity index (χ1n) is 8.28. The monoisotopic (exact) mass is 404 g/mol. The van der Waals surface area contributed by atoms with Crippen LogP contribution >= 0.6 is 11.6 Å². The van der Waals surface area contributed by atoms with Gasteiger partial charge in [-0.15, -0.1) is 0 Å². The Balaban J connectivity index is 1.81. The average Bonchev–Trinajstić information content (AvgIpc) is 3.19. The summed E-state index contributed by atoms with van der Waals surface area (Å²) in [6.07, 6.45) is 1.66. The van der Waals surface area contributed by atoms with E-state index in [0.29, 0.717) is 24.3 Å². The lowest BCUT2D eigenvalue weighted by molar-refractivity contribution is 0.262. The summed E-state index contributed by atoms with van der Waals surface area (Å²) in [6, 6.07) is 12.1. The van der Waals surface area contributed by atoms with Crippen LogP contribution in [0.25, 0.3) is 0 Å². The molecule has 2 amide bonds. The zero-order valence-corrected chi connectivity index (χ0v) is 15.8. The molecule has 2 N–H and O–H groups in total. The van der Waals surface area contributed by atoms with E-state index in [0.717, 1.165) is 12.8 Å². The third-order valence-electron chi connectivity index (χ3n) is 4.18. The number of nitrogens with one attached hydrogen (secondary N) is 2. The van der Waals surface area contributed by atoms with Crippen LogP contribution in [0.15, 0.2) is 47.4 Å². The fourth-order valence-corrected chi connectivity index (χ4v) is 4.51. The van der Waals surface area contributed by atoms with Gasteiger partial charge >= 0.3 is 6.03 Å². The number of halogens is 1. The van der Waals surface area contributed by atoms with E-state index in [1.54, 1.807) is 24.3 Å². The normalized spacial score (nSPS) is 14.5. The minimum absolute atomic E-state index is 0.0709. The number of sulfonamides is 1. The van der Waals surface area contributed by atoms with Crippen molar-refractivity contribution in [1.82, 2.24) is 4.31 Å². The summed E-state index contributed by atoms with van der Waals surface area (Å²) in [5, 5.41) is 14.4. The Hall–Kier alpha value is -2.60. The molecule has 3 rings (SSSR count). The molecule has 1 aliphatic rings. The second-order valence-electron chi connectivity index (χ2n) is 5.99. The lowest BCUT2D eigenvalue weighted by Crippen LogP contribution is -2.28. The van der Waals surface area contributed by atoms with Crippen molar-refractivity contribution < 1.29 is 13.2 Å². The first-order chi connectivity index (χ1) is 12.9. The Morgan fingerprint density at radius 1 is 1.07 bits per heavy atom. The molecule has 2 aromatic carbocycles. The molecular formula is C18H17ClN4O3S. The number of carbonyl (C=O) groups is 1. The predicted molar refractivity (Wildman–Crippen MR) is 103 cm³/mol. The third kappa shape index (κ3) is 4.22. The number of nitriles is 1. The molecule has 0 saturated carbocycles. The molecule has 1 aliphatic heterocycles. The number of nitrogens with zero attached hydrogens (tertiary/aromatic N) is 2. The third-order valence-corrected chi connectivity index (χ3v) is 6.41. The van der Waals surface area contributed by atoms with E-state index in [1.807, 2.05) is 6.07 Å². The fraction of sp³-hybridized carbons (Fsp3) is 0.222. The van der Waals surface area contributed by atoms with Crippen LogP contribution < -0.4 is 10.6 Å². The van der Waals surface area contributed by atoms with Crippen molar-refractivity contribution in [3.05, 3.63) is 53.1 Å². The maximum absolute atomic E-state index is 12.7. The highest BCUT2D eigenvalue weighted by Crippen LogP contribution is 2.28. The summed E-state index contributed by atoms with van der Waals surface area (Å²) in [4.78, 5) is 12.3. The van der Waals surface area contributed by atoms with Crippen molar-refractivity contribution in [2.75, 3.05) is 23.7 Å². The molecule has 0 bridgehead atoms. The van der Waals surface area contributed by atoms with Crippen molar-refractivity contribution in [3.63, 3.8) is 0 Å². The largest absolute Gasteiger partial charge is 0.323 e. The molecule has 7 nitrogen and oxygen atoms in total. The summed E-state index contributed by atoms with van der Waals surface area (Å²) in [5.41, 5.74) is 0.822. The predicted octanol–water partition coefficient (Wildman–Crippen LogP) is 3.64. The molecule has 27 heavy (non-hydrogen) atoms. The van der Waals surface area contributed by atoms with Crippen LogP contribution in [0.1, 0.15) is 18.4 Å². The van der Waals surface area contributed by atoms with E-state index in [-0.39, 0.29) is 15.6 Å². The summed E-state index contributed by atoms with van der Waals surface area (Å²) < 4.78 is 26.8. The zero-order valence-electron chi connectivity index (χ0n) is 14.3. The molecular weight excluding hydrogens is 388 g/mol.